The minimum Gasteiger partial charge on any atom is -0.396 e. The Bertz CT molecular complexity index is 356. The van der Waals surface area contributed by atoms with Crippen LogP contribution in [-0.2, 0) is 0 Å². The van der Waals surface area contributed by atoms with Gasteiger partial charge in [0, 0.05) is 5.92 Å². The van der Waals surface area contributed by atoms with Gasteiger partial charge in [0.05, 0.1) is 6.61 Å². The van der Waals surface area contributed by atoms with E-state index in [0.717, 1.165) is 13.1 Å². The number of aryl methyl sites for hydroxylation is 2. The van der Waals surface area contributed by atoms with E-state index in [1.807, 2.05) is 0 Å². The second kappa shape index (κ2) is 4.98. The van der Waals surface area contributed by atoms with Crippen molar-refractivity contribution >= 4 is 0 Å². The van der Waals surface area contributed by atoms with Gasteiger partial charge in [0.2, 0.25) is 0 Å². The second-order valence-corrected chi connectivity index (χ2v) is 4.90. The summed E-state index contributed by atoms with van der Waals surface area (Å²) in [6, 6.07) is 6.53. The monoisotopic (exact) mass is 219 g/mol. The Hall–Kier alpha value is -0.860. The fraction of sp³-hybridized carbons (Fsp3) is 0.571. The van der Waals surface area contributed by atoms with E-state index in [1.54, 1.807) is 0 Å². The highest BCUT2D eigenvalue weighted by Gasteiger charge is 2.26. The average molecular weight is 219 g/mol. The number of rotatable bonds is 3. The van der Waals surface area contributed by atoms with Gasteiger partial charge >= 0.3 is 0 Å². The highest BCUT2D eigenvalue weighted by atomic mass is 16.3. The van der Waals surface area contributed by atoms with Crippen LogP contribution in [0.4, 0.5) is 0 Å². The lowest BCUT2D eigenvalue weighted by Gasteiger charge is -2.23. The molecule has 2 heteroatoms. The molecule has 0 saturated carbocycles. The van der Waals surface area contributed by atoms with Crippen LogP contribution in [0.15, 0.2) is 18.2 Å². The van der Waals surface area contributed by atoms with Crippen LogP contribution in [0.2, 0.25) is 0 Å². The molecule has 0 amide bonds. The fourth-order valence-corrected chi connectivity index (χ4v) is 2.68. The molecule has 2 unspecified atom stereocenters. The van der Waals surface area contributed by atoms with Gasteiger partial charge in [-0.25, -0.2) is 0 Å². The number of hydrogen-bond acceptors (Lipinski definition) is 2. The molecule has 1 aromatic rings. The largest absolute Gasteiger partial charge is 0.396 e. The van der Waals surface area contributed by atoms with Crippen molar-refractivity contribution in [2.75, 3.05) is 19.7 Å². The quantitative estimate of drug-likeness (QED) is 0.815. The van der Waals surface area contributed by atoms with Gasteiger partial charge in [-0.2, -0.15) is 0 Å². The first-order valence-corrected chi connectivity index (χ1v) is 6.11. The molecular weight excluding hydrogens is 198 g/mol. The molecule has 2 nitrogen and oxygen atoms in total. The van der Waals surface area contributed by atoms with E-state index in [1.165, 1.54) is 23.1 Å². The minimum atomic E-state index is 0.261. The van der Waals surface area contributed by atoms with Crippen molar-refractivity contribution in [3.63, 3.8) is 0 Å². The Morgan fingerprint density at radius 1 is 1.44 bits per heavy atom. The van der Waals surface area contributed by atoms with E-state index in [0.29, 0.717) is 11.8 Å². The van der Waals surface area contributed by atoms with Gasteiger partial charge in [-0.1, -0.05) is 23.8 Å². The van der Waals surface area contributed by atoms with E-state index < -0.39 is 0 Å². The third-order valence-corrected chi connectivity index (χ3v) is 3.70. The molecule has 0 spiro atoms. The molecule has 0 aliphatic carbocycles. The molecule has 1 saturated heterocycles. The summed E-state index contributed by atoms with van der Waals surface area (Å²) in [7, 11) is 0. The van der Waals surface area contributed by atoms with E-state index in [4.69, 9.17) is 0 Å². The third-order valence-electron chi connectivity index (χ3n) is 3.70. The zero-order valence-electron chi connectivity index (χ0n) is 10.2. The van der Waals surface area contributed by atoms with Crippen molar-refractivity contribution in [3.8, 4) is 0 Å². The molecule has 1 aliphatic heterocycles. The summed E-state index contributed by atoms with van der Waals surface area (Å²) < 4.78 is 0. The average Bonchev–Trinajstić information content (AvgIpc) is 2.78. The Labute approximate surface area is 97.7 Å². The second-order valence-electron chi connectivity index (χ2n) is 4.90. The molecule has 1 heterocycles. The lowest BCUT2D eigenvalue weighted by Crippen LogP contribution is -2.20. The topological polar surface area (TPSA) is 32.3 Å². The zero-order chi connectivity index (χ0) is 11.5. The van der Waals surface area contributed by atoms with Gasteiger partial charge < -0.3 is 10.4 Å². The standard InChI is InChI=1S/C14H21NO/c1-10-3-4-11(2)13(7-10)14(9-16)12-5-6-15-8-12/h3-4,7,12,14-16H,5-6,8-9H2,1-2H3. The molecule has 2 rings (SSSR count). The molecule has 16 heavy (non-hydrogen) atoms. The van der Waals surface area contributed by atoms with Crippen LogP contribution in [0.3, 0.4) is 0 Å². The van der Waals surface area contributed by atoms with Crippen molar-refractivity contribution in [1.29, 1.82) is 0 Å². The molecule has 1 aromatic carbocycles. The maximum Gasteiger partial charge on any atom is 0.0503 e. The molecule has 2 N–H and O–H groups in total. The predicted octanol–water partition coefficient (Wildman–Crippen LogP) is 1.99. The maximum atomic E-state index is 9.63. The SMILES string of the molecule is Cc1ccc(C)c(C(CO)C2CCNC2)c1. The van der Waals surface area contributed by atoms with E-state index in [9.17, 15) is 5.11 Å². The van der Waals surface area contributed by atoms with Gasteiger partial charge in [0.15, 0.2) is 0 Å². The molecule has 1 aliphatic rings. The third kappa shape index (κ3) is 2.28. The number of nitrogens with one attached hydrogen (secondary N) is 1. The van der Waals surface area contributed by atoms with Crippen molar-refractivity contribution in [2.24, 2.45) is 5.92 Å². The maximum absolute atomic E-state index is 9.63. The summed E-state index contributed by atoms with van der Waals surface area (Å²) in [6.45, 7) is 6.64. The Balaban J connectivity index is 2.28. The van der Waals surface area contributed by atoms with E-state index in [-0.39, 0.29) is 6.61 Å². The number of benzene rings is 1. The van der Waals surface area contributed by atoms with Gasteiger partial charge in [0.25, 0.3) is 0 Å². The van der Waals surface area contributed by atoms with Crippen molar-refractivity contribution < 1.29 is 5.11 Å². The van der Waals surface area contributed by atoms with Gasteiger partial charge in [-0.05, 0) is 50.4 Å². The van der Waals surface area contributed by atoms with Crippen LogP contribution < -0.4 is 5.32 Å². The minimum absolute atomic E-state index is 0.261. The van der Waals surface area contributed by atoms with Crippen LogP contribution in [0.5, 0.6) is 0 Å². The first-order valence-electron chi connectivity index (χ1n) is 6.11. The first kappa shape index (κ1) is 11.6. The van der Waals surface area contributed by atoms with Crippen LogP contribution in [0.25, 0.3) is 0 Å². The molecule has 0 aromatic heterocycles. The Morgan fingerprint density at radius 3 is 2.88 bits per heavy atom. The first-order chi connectivity index (χ1) is 7.72. The molecule has 0 bridgehead atoms. The van der Waals surface area contributed by atoms with Crippen LogP contribution in [0, 0.1) is 19.8 Å². The van der Waals surface area contributed by atoms with E-state index >= 15 is 0 Å². The van der Waals surface area contributed by atoms with Gasteiger partial charge in [-0.15, -0.1) is 0 Å². The van der Waals surface area contributed by atoms with Crippen LogP contribution in [-0.4, -0.2) is 24.8 Å². The van der Waals surface area contributed by atoms with E-state index in [2.05, 4.69) is 37.4 Å². The highest BCUT2D eigenvalue weighted by molar-refractivity contribution is 5.34. The predicted molar refractivity (Wildman–Crippen MR) is 66.7 cm³/mol. The Kier molecular flexibility index (Phi) is 3.62. The van der Waals surface area contributed by atoms with Gasteiger partial charge in [0.1, 0.15) is 0 Å². The van der Waals surface area contributed by atoms with Gasteiger partial charge in [-0.3, -0.25) is 0 Å². The van der Waals surface area contributed by atoms with Crippen molar-refractivity contribution in [2.45, 2.75) is 26.2 Å². The number of aliphatic hydroxyl groups excluding tert-OH is 1. The van der Waals surface area contributed by atoms with Crippen LogP contribution >= 0.6 is 0 Å². The molecular formula is C14H21NO. The normalized spacial score (nSPS) is 22.3. The number of hydrogen-bond donors (Lipinski definition) is 2. The summed E-state index contributed by atoms with van der Waals surface area (Å²) in [6.07, 6.45) is 1.18. The van der Waals surface area contributed by atoms with Crippen LogP contribution in [0.1, 0.15) is 29.0 Å². The Morgan fingerprint density at radius 2 is 2.25 bits per heavy atom. The summed E-state index contributed by atoms with van der Waals surface area (Å²) in [4.78, 5) is 0. The summed E-state index contributed by atoms with van der Waals surface area (Å²) in [5.74, 6) is 0.889. The number of aliphatic hydroxyl groups is 1. The zero-order valence-corrected chi connectivity index (χ0v) is 10.2. The summed E-state index contributed by atoms with van der Waals surface area (Å²) >= 11 is 0. The highest BCUT2D eigenvalue weighted by Crippen LogP contribution is 2.31. The molecule has 2 atom stereocenters. The fourth-order valence-electron chi connectivity index (χ4n) is 2.68. The van der Waals surface area contributed by atoms with Crippen molar-refractivity contribution in [3.05, 3.63) is 34.9 Å². The lowest BCUT2D eigenvalue weighted by molar-refractivity contribution is 0.230. The molecule has 88 valence electrons. The molecule has 1 fully saturated rings. The molecule has 0 radical (unpaired) electrons. The summed E-state index contributed by atoms with van der Waals surface area (Å²) in [5.41, 5.74) is 3.91. The van der Waals surface area contributed by atoms with Crippen molar-refractivity contribution in [1.82, 2.24) is 5.32 Å². The smallest absolute Gasteiger partial charge is 0.0503 e. The summed E-state index contributed by atoms with van der Waals surface area (Å²) in [5, 5.41) is 13.0. The lowest BCUT2D eigenvalue weighted by atomic mass is 9.83.